The fourth-order valence-electron chi connectivity index (χ4n) is 1.75. The first-order valence-corrected chi connectivity index (χ1v) is 7.02. The minimum atomic E-state index is -0.974. The standard InChI is InChI=1S/C15H22N2O4/c16-13(14(18)19)9-5-2-6-10-17-15(20)21-11-12-7-3-1-4-8-12/h1,3-4,7-8,13H,2,5-6,9-11,16H2,(H,17,20)(H,18,19)/t13-/m0/s1. The first-order valence-electron chi connectivity index (χ1n) is 7.02. The number of carbonyl (C=O) groups excluding carboxylic acids is 1. The van der Waals surface area contributed by atoms with Crippen molar-refractivity contribution in [3.8, 4) is 0 Å². The lowest BCUT2D eigenvalue weighted by atomic mass is 10.1. The van der Waals surface area contributed by atoms with E-state index >= 15 is 0 Å². The van der Waals surface area contributed by atoms with Crippen molar-refractivity contribution in [2.45, 2.75) is 38.3 Å². The van der Waals surface area contributed by atoms with Gasteiger partial charge in [-0.05, 0) is 18.4 Å². The third-order valence-electron chi connectivity index (χ3n) is 2.99. The third-order valence-corrected chi connectivity index (χ3v) is 2.99. The lowest BCUT2D eigenvalue weighted by Gasteiger charge is -2.08. The van der Waals surface area contributed by atoms with Crippen molar-refractivity contribution < 1.29 is 19.4 Å². The Bertz CT molecular complexity index is 437. The number of carbonyl (C=O) groups is 2. The Morgan fingerprint density at radius 2 is 1.90 bits per heavy atom. The molecule has 6 nitrogen and oxygen atoms in total. The maximum absolute atomic E-state index is 11.4. The summed E-state index contributed by atoms with van der Waals surface area (Å²) < 4.78 is 5.06. The van der Waals surface area contributed by atoms with E-state index < -0.39 is 18.1 Å². The number of rotatable bonds is 9. The molecule has 1 rings (SSSR count). The fourth-order valence-corrected chi connectivity index (χ4v) is 1.75. The van der Waals surface area contributed by atoms with Crippen LogP contribution in [0.3, 0.4) is 0 Å². The van der Waals surface area contributed by atoms with Crippen molar-refractivity contribution in [3.05, 3.63) is 35.9 Å². The molecule has 0 bridgehead atoms. The molecular weight excluding hydrogens is 272 g/mol. The molecule has 0 spiro atoms. The molecule has 6 heteroatoms. The van der Waals surface area contributed by atoms with Crippen molar-refractivity contribution in [1.82, 2.24) is 5.32 Å². The summed E-state index contributed by atoms with van der Waals surface area (Å²) in [5.74, 6) is -0.974. The molecule has 1 aromatic rings. The van der Waals surface area contributed by atoms with Gasteiger partial charge < -0.3 is 20.9 Å². The number of alkyl carbamates (subject to hydrolysis) is 1. The third kappa shape index (κ3) is 7.94. The van der Waals surface area contributed by atoms with Crippen LogP contribution in [0, 0.1) is 0 Å². The fraction of sp³-hybridized carbons (Fsp3) is 0.467. The van der Waals surface area contributed by atoms with E-state index in [0.717, 1.165) is 24.8 Å². The molecule has 116 valence electrons. The van der Waals surface area contributed by atoms with Crippen molar-refractivity contribution in [2.24, 2.45) is 5.73 Å². The van der Waals surface area contributed by atoms with Gasteiger partial charge >= 0.3 is 12.1 Å². The van der Waals surface area contributed by atoms with Crippen LogP contribution in [0.25, 0.3) is 0 Å². The molecule has 0 aliphatic rings. The molecule has 0 aliphatic carbocycles. The molecule has 21 heavy (non-hydrogen) atoms. The summed E-state index contributed by atoms with van der Waals surface area (Å²) in [7, 11) is 0. The highest BCUT2D eigenvalue weighted by molar-refractivity contribution is 5.72. The molecule has 0 radical (unpaired) electrons. The van der Waals surface area contributed by atoms with Crippen LogP contribution in [0.5, 0.6) is 0 Å². The van der Waals surface area contributed by atoms with Gasteiger partial charge in [-0.1, -0.05) is 43.2 Å². The van der Waals surface area contributed by atoms with E-state index in [0.29, 0.717) is 13.0 Å². The zero-order valence-corrected chi connectivity index (χ0v) is 12.0. The topological polar surface area (TPSA) is 102 Å². The van der Waals surface area contributed by atoms with Gasteiger partial charge in [-0.25, -0.2) is 4.79 Å². The average molecular weight is 294 g/mol. The van der Waals surface area contributed by atoms with Crippen LogP contribution in [0.1, 0.15) is 31.2 Å². The highest BCUT2D eigenvalue weighted by Gasteiger charge is 2.10. The maximum atomic E-state index is 11.4. The number of ether oxygens (including phenoxy) is 1. The Balaban J connectivity index is 2.00. The zero-order chi connectivity index (χ0) is 15.5. The predicted molar refractivity (Wildman–Crippen MR) is 78.7 cm³/mol. The van der Waals surface area contributed by atoms with E-state index in [9.17, 15) is 9.59 Å². The van der Waals surface area contributed by atoms with E-state index in [1.54, 1.807) is 0 Å². The zero-order valence-electron chi connectivity index (χ0n) is 12.0. The molecule has 0 saturated heterocycles. The maximum Gasteiger partial charge on any atom is 0.407 e. The molecule has 1 aromatic carbocycles. The number of nitrogens with two attached hydrogens (primary N) is 1. The Labute approximate surface area is 124 Å². The number of amides is 1. The largest absolute Gasteiger partial charge is 0.480 e. The quantitative estimate of drug-likeness (QED) is 0.604. The number of nitrogens with one attached hydrogen (secondary N) is 1. The molecule has 0 aliphatic heterocycles. The van der Waals surface area contributed by atoms with Gasteiger partial charge in [-0.15, -0.1) is 0 Å². The summed E-state index contributed by atoms with van der Waals surface area (Å²) in [5, 5.41) is 11.3. The van der Waals surface area contributed by atoms with E-state index in [1.165, 1.54) is 0 Å². The van der Waals surface area contributed by atoms with Crippen LogP contribution in [-0.4, -0.2) is 29.8 Å². The van der Waals surface area contributed by atoms with Crippen molar-refractivity contribution in [3.63, 3.8) is 0 Å². The van der Waals surface area contributed by atoms with Gasteiger partial charge in [0.15, 0.2) is 0 Å². The van der Waals surface area contributed by atoms with Gasteiger partial charge in [0.25, 0.3) is 0 Å². The Kier molecular flexibility index (Phi) is 7.89. The number of aliphatic carboxylic acids is 1. The molecule has 1 atom stereocenters. The minimum absolute atomic E-state index is 0.250. The SMILES string of the molecule is N[C@@H](CCCCCNC(=O)OCc1ccccc1)C(=O)O. The molecule has 0 unspecified atom stereocenters. The van der Waals surface area contributed by atoms with Crippen LogP contribution >= 0.6 is 0 Å². The van der Waals surface area contributed by atoms with E-state index in [4.69, 9.17) is 15.6 Å². The van der Waals surface area contributed by atoms with Gasteiger partial charge in [0.2, 0.25) is 0 Å². The Morgan fingerprint density at radius 1 is 1.19 bits per heavy atom. The highest BCUT2D eigenvalue weighted by atomic mass is 16.5. The Hall–Kier alpha value is -2.08. The molecule has 0 aromatic heterocycles. The van der Waals surface area contributed by atoms with Gasteiger partial charge in [0, 0.05) is 6.54 Å². The number of hydrogen-bond acceptors (Lipinski definition) is 4. The van der Waals surface area contributed by atoms with Crippen LogP contribution in [0.15, 0.2) is 30.3 Å². The van der Waals surface area contributed by atoms with Crippen molar-refractivity contribution in [1.29, 1.82) is 0 Å². The summed E-state index contributed by atoms with van der Waals surface area (Å²) >= 11 is 0. The molecular formula is C15H22N2O4. The van der Waals surface area contributed by atoms with E-state index in [1.807, 2.05) is 30.3 Å². The normalized spacial score (nSPS) is 11.7. The van der Waals surface area contributed by atoms with Crippen LogP contribution in [0.2, 0.25) is 0 Å². The van der Waals surface area contributed by atoms with Gasteiger partial charge in [0.05, 0.1) is 0 Å². The second-order valence-corrected chi connectivity index (χ2v) is 4.78. The van der Waals surface area contributed by atoms with E-state index in [2.05, 4.69) is 5.32 Å². The molecule has 0 saturated carbocycles. The van der Waals surface area contributed by atoms with Crippen molar-refractivity contribution in [2.75, 3.05) is 6.54 Å². The predicted octanol–water partition coefficient (Wildman–Crippen LogP) is 1.89. The smallest absolute Gasteiger partial charge is 0.407 e. The van der Waals surface area contributed by atoms with Gasteiger partial charge in [-0.3, -0.25) is 4.79 Å². The van der Waals surface area contributed by atoms with Gasteiger partial charge in [0.1, 0.15) is 12.6 Å². The summed E-state index contributed by atoms with van der Waals surface area (Å²) in [6, 6.07) is 8.66. The molecule has 0 fully saturated rings. The summed E-state index contributed by atoms with van der Waals surface area (Å²) in [6.45, 7) is 0.760. The minimum Gasteiger partial charge on any atom is -0.480 e. The van der Waals surface area contributed by atoms with E-state index in [-0.39, 0.29) is 6.61 Å². The highest BCUT2D eigenvalue weighted by Crippen LogP contribution is 2.03. The number of carboxylic acids is 1. The molecule has 0 heterocycles. The summed E-state index contributed by atoms with van der Waals surface area (Å²) in [6.07, 6.45) is 2.33. The lowest BCUT2D eigenvalue weighted by Crippen LogP contribution is -2.29. The van der Waals surface area contributed by atoms with Crippen molar-refractivity contribution >= 4 is 12.1 Å². The number of carboxylic acid groups (broad SMARTS) is 1. The van der Waals surface area contributed by atoms with Crippen LogP contribution in [-0.2, 0) is 16.1 Å². The summed E-state index contributed by atoms with van der Waals surface area (Å²) in [5.41, 5.74) is 6.33. The Morgan fingerprint density at radius 3 is 2.57 bits per heavy atom. The molecule has 1 amide bonds. The number of benzene rings is 1. The summed E-state index contributed by atoms with van der Waals surface area (Å²) in [4.78, 5) is 21.9. The first-order chi connectivity index (χ1) is 10.1. The van der Waals surface area contributed by atoms with Crippen LogP contribution < -0.4 is 11.1 Å². The number of unbranched alkanes of at least 4 members (excludes halogenated alkanes) is 2. The monoisotopic (exact) mass is 294 g/mol. The second kappa shape index (κ2) is 9.77. The average Bonchev–Trinajstić information content (AvgIpc) is 2.49. The number of hydrogen-bond donors (Lipinski definition) is 3. The first kappa shape index (κ1) is 17.0. The molecule has 4 N–H and O–H groups in total. The lowest BCUT2D eigenvalue weighted by molar-refractivity contribution is -0.138. The van der Waals surface area contributed by atoms with Crippen LogP contribution in [0.4, 0.5) is 4.79 Å². The second-order valence-electron chi connectivity index (χ2n) is 4.78. The van der Waals surface area contributed by atoms with Gasteiger partial charge in [-0.2, -0.15) is 0 Å².